The Balaban J connectivity index is 1.96. The number of nitrogens with one attached hydrogen (secondary N) is 1. The fraction of sp³-hybridized carbons (Fsp3) is 0.286. The van der Waals surface area contributed by atoms with Crippen LogP contribution in [0, 0.1) is 0 Å². The number of unbranched alkanes of at least 4 members (excludes halogenated alkanes) is 1. The Morgan fingerprint density at radius 1 is 1.09 bits per heavy atom. The van der Waals surface area contributed by atoms with E-state index in [1.54, 1.807) is 18.2 Å². The number of rotatable bonds is 8. The molecule has 0 spiro atoms. The van der Waals surface area contributed by atoms with Gasteiger partial charge in [0.1, 0.15) is 0 Å². The molecule has 1 aromatic carbocycles. The third kappa shape index (κ3) is 4.68. The minimum Gasteiger partial charge on any atom is -0.490 e. The van der Waals surface area contributed by atoms with Gasteiger partial charge in [-0.2, -0.15) is 0 Å². The summed E-state index contributed by atoms with van der Waals surface area (Å²) in [6.45, 7) is 0.569. The van der Waals surface area contributed by atoms with Gasteiger partial charge in [-0.1, -0.05) is 18.2 Å². The summed E-state index contributed by atoms with van der Waals surface area (Å²) in [4.78, 5) is 7.97. The molecule has 1 aromatic heterocycles. The van der Waals surface area contributed by atoms with Crippen LogP contribution in [-0.4, -0.2) is 36.7 Å². The van der Waals surface area contributed by atoms with Crippen molar-refractivity contribution in [1.29, 1.82) is 0 Å². The van der Waals surface area contributed by atoms with Crippen molar-refractivity contribution < 1.29 is 18.3 Å². The van der Waals surface area contributed by atoms with Crippen molar-refractivity contribution in [2.75, 3.05) is 17.9 Å². The summed E-state index contributed by atoms with van der Waals surface area (Å²) >= 11 is 0. The highest BCUT2D eigenvalue weighted by Gasteiger charge is 2.14. The molecular weight excluding hydrogens is 306 g/mol. The lowest BCUT2D eigenvalue weighted by Crippen LogP contribution is -2.14. The molecule has 22 heavy (non-hydrogen) atoms. The van der Waals surface area contributed by atoms with Crippen LogP contribution in [0.25, 0.3) is 0 Å². The quantitative estimate of drug-likeness (QED) is 0.713. The standard InChI is InChI=1S/C14H17N3O4S/c18-8-4-5-9-21-12-10-15-14(16-11-12)17-22(19,20)13-6-2-1-3-7-13/h1-3,6-7,10-11,18H,4-5,8-9H2,(H,15,16,17). The maximum atomic E-state index is 12.1. The number of aliphatic hydroxyl groups is 1. The second-order valence-electron chi connectivity index (χ2n) is 4.44. The van der Waals surface area contributed by atoms with Crippen molar-refractivity contribution in [2.45, 2.75) is 17.7 Å². The first kappa shape index (κ1) is 16.2. The van der Waals surface area contributed by atoms with Crippen molar-refractivity contribution >= 4 is 16.0 Å². The van der Waals surface area contributed by atoms with Crippen LogP contribution in [0.1, 0.15) is 12.8 Å². The Bertz CT molecular complexity index is 675. The fourth-order valence-corrected chi connectivity index (χ4v) is 2.61. The highest BCUT2D eigenvalue weighted by Crippen LogP contribution is 2.14. The van der Waals surface area contributed by atoms with E-state index in [0.29, 0.717) is 18.8 Å². The number of anilines is 1. The van der Waals surface area contributed by atoms with Crippen LogP contribution in [0.5, 0.6) is 5.75 Å². The van der Waals surface area contributed by atoms with Gasteiger partial charge in [0, 0.05) is 6.61 Å². The first-order valence-corrected chi connectivity index (χ1v) is 8.24. The number of hydrogen-bond donors (Lipinski definition) is 2. The molecule has 2 rings (SSSR count). The van der Waals surface area contributed by atoms with Crippen LogP contribution < -0.4 is 9.46 Å². The van der Waals surface area contributed by atoms with Gasteiger partial charge in [0.2, 0.25) is 5.95 Å². The van der Waals surface area contributed by atoms with Crippen LogP contribution in [-0.2, 0) is 10.0 Å². The highest BCUT2D eigenvalue weighted by atomic mass is 32.2. The zero-order valence-corrected chi connectivity index (χ0v) is 12.7. The van der Waals surface area contributed by atoms with Gasteiger partial charge in [0.05, 0.1) is 23.9 Å². The first-order chi connectivity index (χ1) is 10.6. The lowest BCUT2D eigenvalue weighted by atomic mass is 10.3. The topological polar surface area (TPSA) is 101 Å². The second kappa shape index (κ2) is 7.71. The Morgan fingerprint density at radius 3 is 2.41 bits per heavy atom. The van der Waals surface area contributed by atoms with E-state index in [1.165, 1.54) is 24.5 Å². The predicted molar refractivity (Wildman–Crippen MR) is 81.1 cm³/mol. The van der Waals surface area contributed by atoms with Gasteiger partial charge in [-0.05, 0) is 25.0 Å². The molecule has 0 radical (unpaired) electrons. The van der Waals surface area contributed by atoms with E-state index < -0.39 is 10.0 Å². The molecule has 7 nitrogen and oxygen atoms in total. The Labute approximate surface area is 129 Å². The molecule has 2 N–H and O–H groups in total. The van der Waals surface area contributed by atoms with Crippen LogP contribution in [0.3, 0.4) is 0 Å². The number of aliphatic hydroxyl groups excluding tert-OH is 1. The summed E-state index contributed by atoms with van der Waals surface area (Å²) in [5.41, 5.74) is 0. The number of benzene rings is 1. The summed E-state index contributed by atoms with van der Waals surface area (Å²) in [7, 11) is -3.69. The van der Waals surface area contributed by atoms with Crippen LogP contribution in [0.15, 0.2) is 47.6 Å². The zero-order chi connectivity index (χ0) is 15.8. The van der Waals surface area contributed by atoms with Gasteiger partial charge < -0.3 is 9.84 Å². The molecule has 0 amide bonds. The first-order valence-electron chi connectivity index (χ1n) is 6.75. The molecule has 118 valence electrons. The maximum absolute atomic E-state index is 12.1. The second-order valence-corrected chi connectivity index (χ2v) is 6.12. The smallest absolute Gasteiger partial charge is 0.264 e. The molecule has 1 heterocycles. The molecule has 0 aliphatic carbocycles. The summed E-state index contributed by atoms with van der Waals surface area (Å²) in [5.74, 6) is 0.423. The fourth-order valence-electron chi connectivity index (χ4n) is 1.63. The third-order valence-corrected chi connectivity index (χ3v) is 4.07. The molecule has 0 atom stereocenters. The van der Waals surface area contributed by atoms with Gasteiger partial charge in [0.15, 0.2) is 5.75 Å². The lowest BCUT2D eigenvalue weighted by Gasteiger charge is -2.08. The summed E-state index contributed by atoms with van der Waals surface area (Å²) in [6.07, 6.45) is 4.18. The van der Waals surface area contributed by atoms with E-state index in [9.17, 15) is 8.42 Å². The molecule has 0 fully saturated rings. The number of nitrogens with zero attached hydrogens (tertiary/aromatic N) is 2. The zero-order valence-electron chi connectivity index (χ0n) is 11.8. The molecule has 0 aliphatic heterocycles. The molecular formula is C14H17N3O4S. The van der Waals surface area contributed by atoms with Crippen LogP contribution >= 0.6 is 0 Å². The van der Waals surface area contributed by atoms with Crippen molar-refractivity contribution in [2.24, 2.45) is 0 Å². The van der Waals surface area contributed by atoms with Gasteiger partial charge in [0.25, 0.3) is 10.0 Å². The van der Waals surface area contributed by atoms with Crippen molar-refractivity contribution in [3.63, 3.8) is 0 Å². The van der Waals surface area contributed by atoms with E-state index in [4.69, 9.17) is 9.84 Å². The number of aromatic nitrogens is 2. The summed E-state index contributed by atoms with van der Waals surface area (Å²) in [6, 6.07) is 7.98. The average Bonchev–Trinajstić information content (AvgIpc) is 2.54. The van der Waals surface area contributed by atoms with E-state index in [-0.39, 0.29) is 17.5 Å². The minimum atomic E-state index is -3.69. The molecule has 2 aromatic rings. The lowest BCUT2D eigenvalue weighted by molar-refractivity contribution is 0.252. The average molecular weight is 323 g/mol. The Hall–Kier alpha value is -2.19. The molecule has 0 bridgehead atoms. The number of sulfonamides is 1. The molecule has 0 saturated heterocycles. The van der Waals surface area contributed by atoms with E-state index in [1.807, 2.05) is 0 Å². The van der Waals surface area contributed by atoms with E-state index in [0.717, 1.165) is 6.42 Å². The van der Waals surface area contributed by atoms with Gasteiger partial charge in [-0.25, -0.2) is 23.1 Å². The van der Waals surface area contributed by atoms with E-state index >= 15 is 0 Å². The molecule has 0 aliphatic rings. The van der Waals surface area contributed by atoms with Crippen molar-refractivity contribution in [1.82, 2.24) is 9.97 Å². The van der Waals surface area contributed by atoms with Gasteiger partial charge in [-0.15, -0.1) is 0 Å². The van der Waals surface area contributed by atoms with Crippen molar-refractivity contribution in [3.8, 4) is 5.75 Å². The third-order valence-electron chi connectivity index (χ3n) is 2.73. The Morgan fingerprint density at radius 2 is 1.77 bits per heavy atom. The molecule has 0 saturated carbocycles. The van der Waals surface area contributed by atoms with Gasteiger partial charge in [-0.3, -0.25) is 0 Å². The Kier molecular flexibility index (Phi) is 5.68. The van der Waals surface area contributed by atoms with E-state index in [2.05, 4.69) is 14.7 Å². The predicted octanol–water partition coefficient (Wildman–Crippen LogP) is 1.43. The van der Waals surface area contributed by atoms with Crippen LogP contribution in [0.2, 0.25) is 0 Å². The summed E-state index contributed by atoms with van der Waals surface area (Å²) < 4.78 is 31.8. The molecule has 0 unspecified atom stereocenters. The normalized spacial score (nSPS) is 11.1. The number of ether oxygens (including phenoxy) is 1. The maximum Gasteiger partial charge on any atom is 0.264 e. The van der Waals surface area contributed by atoms with Crippen LogP contribution in [0.4, 0.5) is 5.95 Å². The SMILES string of the molecule is O=S(=O)(Nc1ncc(OCCCCO)cn1)c1ccccc1. The molecule has 8 heteroatoms. The summed E-state index contributed by atoms with van der Waals surface area (Å²) in [5, 5.41) is 8.66. The minimum absolute atomic E-state index is 0.0217. The van der Waals surface area contributed by atoms with Gasteiger partial charge >= 0.3 is 0 Å². The number of hydrogen-bond acceptors (Lipinski definition) is 6. The monoisotopic (exact) mass is 323 g/mol. The highest BCUT2D eigenvalue weighted by molar-refractivity contribution is 7.92. The van der Waals surface area contributed by atoms with Crippen molar-refractivity contribution in [3.05, 3.63) is 42.7 Å². The largest absolute Gasteiger partial charge is 0.490 e.